The molecule has 5 rings (SSSR count). The van der Waals surface area contributed by atoms with Gasteiger partial charge in [0, 0.05) is 28.2 Å². The normalized spacial score (nSPS) is 11.1. The first-order valence-corrected chi connectivity index (χ1v) is 18.4. The number of phenolic OH excluding ortho intramolecular Hbond substituents is 1. The van der Waals surface area contributed by atoms with E-state index in [-0.39, 0.29) is 57.4 Å². The molecule has 0 aromatic heterocycles. The summed E-state index contributed by atoms with van der Waals surface area (Å²) in [6, 6.07) is 16.1. The number of nitrogen functional groups attached to an aromatic ring is 1. The van der Waals surface area contributed by atoms with E-state index in [1.807, 2.05) is 5.32 Å². The summed E-state index contributed by atoms with van der Waals surface area (Å²) in [6.07, 6.45) is -0.158. The zero-order valence-corrected chi connectivity index (χ0v) is 32.6. The van der Waals surface area contributed by atoms with Crippen molar-refractivity contribution in [3.8, 4) is 11.5 Å². The van der Waals surface area contributed by atoms with Crippen LogP contribution >= 0.6 is 0 Å². The lowest BCUT2D eigenvalue weighted by Gasteiger charge is -2.18. The molecule has 0 aliphatic rings. The monoisotopic (exact) mass is 873 g/mol. The van der Waals surface area contributed by atoms with Gasteiger partial charge in [0.05, 0.1) is 29.8 Å². The van der Waals surface area contributed by atoms with E-state index in [4.69, 9.17) is 21.3 Å². The van der Waals surface area contributed by atoms with Gasteiger partial charge in [-0.05, 0) is 91.3 Å². The van der Waals surface area contributed by atoms with Crippen molar-refractivity contribution in [1.82, 2.24) is 5.32 Å². The largest absolute Gasteiger partial charge is 0.504 e. The second-order valence-corrected chi connectivity index (χ2v) is 13.3. The summed E-state index contributed by atoms with van der Waals surface area (Å²) in [4.78, 5) is 87.9. The van der Waals surface area contributed by atoms with Crippen LogP contribution in [0.2, 0.25) is 0 Å². The maximum absolute atomic E-state index is 14.2. The van der Waals surface area contributed by atoms with Crippen molar-refractivity contribution in [2.45, 2.75) is 25.8 Å². The number of carboxylic acid groups (broad SMARTS) is 1. The number of primary amides is 1. The van der Waals surface area contributed by atoms with Crippen molar-refractivity contribution in [2.75, 3.05) is 33.6 Å². The molecule has 0 aliphatic carbocycles. The Bertz CT molecular complexity index is 2600. The minimum Gasteiger partial charge on any atom is -0.504 e. The SMILES string of the molecule is CCCOc1c(NC(=O)c2ccc(NC(=O)[C@H](CC(N)=O)NC(=O)c3ccc(NC(=O)c4c(F)c(F)c(N)c(F)c4F)cc3)cc2)ccc(C(=O)Nc2ccc(C(=O)O)cc2)c1O. The van der Waals surface area contributed by atoms with Crippen molar-refractivity contribution in [1.29, 1.82) is 0 Å². The third kappa shape index (κ3) is 10.8. The van der Waals surface area contributed by atoms with E-state index in [0.29, 0.717) is 6.42 Å². The summed E-state index contributed by atoms with van der Waals surface area (Å²) in [6.45, 7) is 1.89. The van der Waals surface area contributed by atoms with Crippen LogP contribution in [0.15, 0.2) is 84.9 Å². The molecule has 0 spiro atoms. The molecule has 0 unspecified atom stereocenters. The Labute approximate surface area is 353 Å². The van der Waals surface area contributed by atoms with Crippen LogP contribution in [0, 0.1) is 23.3 Å². The highest BCUT2D eigenvalue weighted by atomic mass is 19.2. The van der Waals surface area contributed by atoms with Crippen LogP contribution in [0.1, 0.15) is 71.6 Å². The molecule has 326 valence electrons. The number of amides is 6. The van der Waals surface area contributed by atoms with E-state index in [1.165, 1.54) is 60.7 Å². The fourth-order valence-corrected chi connectivity index (χ4v) is 5.62. The number of hydrogen-bond donors (Lipinski definition) is 9. The number of aromatic carboxylic acids is 1. The van der Waals surface area contributed by atoms with Gasteiger partial charge in [-0.25, -0.2) is 22.4 Å². The maximum atomic E-state index is 14.2. The van der Waals surface area contributed by atoms with Crippen LogP contribution in [0.4, 0.5) is 46.0 Å². The molecule has 0 fully saturated rings. The number of nitrogens with two attached hydrogens (primary N) is 2. The van der Waals surface area contributed by atoms with E-state index >= 15 is 0 Å². The van der Waals surface area contributed by atoms with Gasteiger partial charge in [-0.15, -0.1) is 0 Å². The second kappa shape index (κ2) is 19.7. The fourth-order valence-electron chi connectivity index (χ4n) is 5.62. The molecule has 0 saturated heterocycles. The molecule has 63 heavy (non-hydrogen) atoms. The van der Waals surface area contributed by atoms with Crippen LogP contribution in [-0.4, -0.2) is 64.3 Å². The number of nitrogens with one attached hydrogen (secondary N) is 5. The minimum atomic E-state index is -2.02. The molecule has 0 saturated carbocycles. The van der Waals surface area contributed by atoms with Gasteiger partial charge in [-0.1, -0.05) is 6.92 Å². The molecule has 5 aromatic carbocycles. The smallest absolute Gasteiger partial charge is 0.335 e. The quantitative estimate of drug-likeness (QED) is 0.0344. The standard InChI is InChI=1S/C42H35F4N7O10/c1-2-17-63-36-26(16-15-25(35(36)55)39(58)49-22-13-7-21(8-14-22)42(61)62)52-37(56)19-3-9-23(10-4-19)50-40(59)27(18-28(47)54)53-38(57)20-5-11-24(12-6-20)51-41(60)29-30(43)32(45)34(48)33(46)31(29)44/h3-16,27,55H,2,17-18,48H2,1H3,(H2,47,54)(H,49,58)(H,50,59)(H,51,60)(H,52,56)(H,53,57)(H,61,62)/t27-/m0/s1. The van der Waals surface area contributed by atoms with Crippen LogP contribution in [-0.2, 0) is 9.59 Å². The zero-order chi connectivity index (χ0) is 46.1. The maximum Gasteiger partial charge on any atom is 0.335 e. The number of anilines is 5. The zero-order valence-electron chi connectivity index (χ0n) is 32.6. The van der Waals surface area contributed by atoms with Crippen LogP contribution < -0.4 is 42.8 Å². The lowest BCUT2D eigenvalue weighted by Crippen LogP contribution is -2.46. The summed E-state index contributed by atoms with van der Waals surface area (Å²) in [7, 11) is 0. The van der Waals surface area contributed by atoms with Crippen molar-refractivity contribution in [3.63, 3.8) is 0 Å². The first-order valence-electron chi connectivity index (χ1n) is 18.4. The number of carboxylic acids is 1. The minimum absolute atomic E-state index is 0.000974. The highest BCUT2D eigenvalue weighted by Gasteiger charge is 2.29. The van der Waals surface area contributed by atoms with Crippen LogP contribution in [0.5, 0.6) is 11.5 Å². The second-order valence-electron chi connectivity index (χ2n) is 13.3. The average Bonchev–Trinajstić information content (AvgIpc) is 3.25. The van der Waals surface area contributed by atoms with E-state index in [1.54, 1.807) is 6.92 Å². The van der Waals surface area contributed by atoms with Gasteiger partial charge < -0.3 is 53.0 Å². The Morgan fingerprint density at radius 3 is 1.63 bits per heavy atom. The predicted octanol–water partition coefficient (Wildman–Crippen LogP) is 5.39. The van der Waals surface area contributed by atoms with Gasteiger partial charge >= 0.3 is 5.97 Å². The summed E-state index contributed by atoms with van der Waals surface area (Å²) >= 11 is 0. The molecule has 6 amide bonds. The molecule has 21 heteroatoms. The van der Waals surface area contributed by atoms with E-state index in [0.717, 1.165) is 24.3 Å². The van der Waals surface area contributed by atoms with Crippen LogP contribution in [0.3, 0.4) is 0 Å². The van der Waals surface area contributed by atoms with Gasteiger partial charge in [-0.2, -0.15) is 0 Å². The molecular formula is C42H35F4N7O10. The highest BCUT2D eigenvalue weighted by molar-refractivity contribution is 6.10. The van der Waals surface area contributed by atoms with Crippen molar-refractivity contribution < 1.29 is 66.1 Å². The number of aromatic hydroxyl groups is 1. The van der Waals surface area contributed by atoms with Gasteiger partial charge in [-0.3, -0.25) is 28.8 Å². The first kappa shape index (κ1) is 45.6. The molecule has 11 N–H and O–H groups in total. The number of benzene rings is 5. The number of hydrogen-bond acceptors (Lipinski definition) is 10. The topological polar surface area (TPSA) is 281 Å². The summed E-state index contributed by atoms with van der Waals surface area (Å²) < 4.78 is 61.8. The number of rotatable bonds is 16. The Morgan fingerprint density at radius 2 is 1.13 bits per heavy atom. The predicted molar refractivity (Wildman–Crippen MR) is 218 cm³/mol. The fraction of sp³-hybridized carbons (Fsp3) is 0.119. The van der Waals surface area contributed by atoms with Crippen molar-refractivity contribution >= 4 is 69.8 Å². The molecule has 0 bridgehead atoms. The summed E-state index contributed by atoms with van der Waals surface area (Å²) in [5, 5.41) is 32.1. The Hall–Kier alpha value is -8.49. The molecule has 0 heterocycles. The van der Waals surface area contributed by atoms with E-state index in [9.17, 15) is 56.2 Å². The molecular weight excluding hydrogens is 838 g/mol. The van der Waals surface area contributed by atoms with Crippen molar-refractivity contribution in [3.05, 3.63) is 136 Å². The summed E-state index contributed by atoms with van der Waals surface area (Å²) in [5.74, 6) is -15.7. The van der Waals surface area contributed by atoms with Gasteiger partial charge in [0.15, 0.2) is 34.8 Å². The first-order chi connectivity index (χ1) is 29.9. The lowest BCUT2D eigenvalue weighted by molar-refractivity contribution is -0.123. The number of carbonyl (C=O) groups is 7. The number of carbonyl (C=O) groups excluding carboxylic acids is 6. The van der Waals surface area contributed by atoms with Gasteiger partial charge in [0.1, 0.15) is 17.3 Å². The third-order valence-corrected chi connectivity index (χ3v) is 8.84. The third-order valence-electron chi connectivity index (χ3n) is 8.84. The Balaban J connectivity index is 1.22. The van der Waals surface area contributed by atoms with Crippen molar-refractivity contribution in [2.24, 2.45) is 5.73 Å². The number of halogens is 4. The van der Waals surface area contributed by atoms with Crippen LogP contribution in [0.25, 0.3) is 0 Å². The molecule has 0 aliphatic heterocycles. The molecule has 17 nitrogen and oxygen atoms in total. The van der Waals surface area contributed by atoms with Gasteiger partial charge in [0.25, 0.3) is 23.6 Å². The molecule has 0 radical (unpaired) electrons. The Kier molecular flexibility index (Phi) is 14.3. The van der Waals surface area contributed by atoms with E-state index in [2.05, 4.69) is 21.3 Å². The Morgan fingerprint density at radius 1 is 0.635 bits per heavy atom. The summed E-state index contributed by atoms with van der Waals surface area (Å²) in [5.41, 5.74) is 7.17. The average molecular weight is 874 g/mol. The van der Waals surface area contributed by atoms with E-state index < -0.39 is 94.1 Å². The highest BCUT2D eigenvalue weighted by Crippen LogP contribution is 2.38. The number of phenols is 1. The van der Waals surface area contributed by atoms with Gasteiger partial charge in [0.2, 0.25) is 11.8 Å². The molecule has 1 atom stereocenters. The lowest BCUT2D eigenvalue weighted by atomic mass is 10.1. The molecule has 5 aromatic rings. The number of ether oxygens (including phenoxy) is 1.